The maximum atomic E-state index is 13.6. The minimum Gasteiger partial charge on any atom is -0.481 e. The Bertz CT molecular complexity index is 2480. The van der Waals surface area contributed by atoms with Gasteiger partial charge in [-0.15, -0.1) is 0 Å². The van der Waals surface area contributed by atoms with Gasteiger partial charge < -0.3 is 81.8 Å². The summed E-state index contributed by atoms with van der Waals surface area (Å²) >= 11 is 0. The van der Waals surface area contributed by atoms with Crippen LogP contribution in [0.5, 0.6) is 0 Å². The highest BCUT2D eigenvalue weighted by Gasteiger charge is 2.41. The summed E-state index contributed by atoms with van der Waals surface area (Å²) in [5.74, 6) is -13.1. The largest absolute Gasteiger partial charge is 0.481 e. The molecule has 30 nitrogen and oxygen atoms in total. The summed E-state index contributed by atoms with van der Waals surface area (Å²) in [5.41, 5.74) is 6.80. The van der Waals surface area contributed by atoms with Crippen molar-refractivity contribution >= 4 is 76.7 Å². The first-order chi connectivity index (χ1) is 45.6. The number of Topliss-reactive ketones (excluding diaryl/α,β-unsaturated/α-hetero) is 3. The summed E-state index contributed by atoms with van der Waals surface area (Å²) in [6.45, 7) is 0.159. The number of carboxylic acid groups (broad SMARTS) is 5. The number of hydrogen-bond donors (Lipinski definition) is 12. The molecule has 7 atom stereocenters. The number of imidazole rings is 1. The normalized spacial score (nSPS) is 15.1. The molecule has 0 bridgehead atoms. The van der Waals surface area contributed by atoms with Crippen LogP contribution in [-0.4, -0.2) is 203 Å². The summed E-state index contributed by atoms with van der Waals surface area (Å²) in [7, 11) is 0. The molecular formula is C65H106N8O22. The van der Waals surface area contributed by atoms with Gasteiger partial charge in [-0.1, -0.05) is 89.9 Å². The number of nitrogens with zero attached hydrogens (tertiary/aromatic N) is 1. The third-order valence-corrected chi connectivity index (χ3v) is 16.3. The number of aromatic amines is 1. The van der Waals surface area contributed by atoms with Crippen molar-refractivity contribution in [3.8, 4) is 0 Å². The van der Waals surface area contributed by atoms with Crippen molar-refractivity contribution in [2.45, 2.75) is 217 Å². The van der Waals surface area contributed by atoms with E-state index in [4.69, 9.17) is 29.8 Å². The summed E-state index contributed by atoms with van der Waals surface area (Å²) in [6, 6.07) is -3.58. The standard InChI is InChI=1S/C65H106N8O22/c66-51(40-47-41-67-44-71-47)54(75)39-45(61(83)49-19-17-20-50(49)63(86)87)18-15-16-29-68-55(76)27-24-53(65(90)91)73-58(79)26-23-46(62(84)85)38-48(74)42-94-36-34-93-33-31-70-59(80)43-95-37-35-92-32-30-69-56(77)28-25-52(64(88)89)72-57(78)21-13-11-9-7-5-3-1-2-4-6-8-10-12-14-22-60(81)82/h41,44-46,49-53H,1-40,42-43,66H2,(H,67,71)(H,68,76)(H,69,77)(H,70,80)(H,72,78)(H,73,79)(H,81,82)(H,84,85)(H,86,87)(H,88,89)(H,90,91)/t45-,46-,49?,50-,51+,52+,53+/m1/s1. The number of H-pyrrole nitrogens is 1. The molecule has 13 N–H and O–H groups in total. The summed E-state index contributed by atoms with van der Waals surface area (Å²) < 4.78 is 21.4. The van der Waals surface area contributed by atoms with Crippen molar-refractivity contribution in [2.75, 3.05) is 72.5 Å². The number of nitrogens with one attached hydrogen (secondary N) is 6. The van der Waals surface area contributed by atoms with Gasteiger partial charge in [-0.05, 0) is 57.8 Å². The molecule has 0 aromatic carbocycles. The molecule has 1 aliphatic rings. The van der Waals surface area contributed by atoms with Crippen molar-refractivity contribution in [1.82, 2.24) is 36.6 Å². The lowest BCUT2D eigenvalue weighted by molar-refractivity contribution is -0.146. The van der Waals surface area contributed by atoms with E-state index in [0.717, 1.165) is 51.4 Å². The number of ether oxygens (including phenoxy) is 4. The number of carboxylic acids is 5. The highest BCUT2D eigenvalue weighted by molar-refractivity contribution is 5.94. The zero-order chi connectivity index (χ0) is 70.0. The van der Waals surface area contributed by atoms with E-state index in [-0.39, 0.29) is 148 Å². The maximum absolute atomic E-state index is 13.6. The van der Waals surface area contributed by atoms with Crippen LogP contribution in [0.4, 0.5) is 0 Å². The zero-order valence-corrected chi connectivity index (χ0v) is 55.1. The molecule has 1 aromatic rings. The summed E-state index contributed by atoms with van der Waals surface area (Å²) in [4.78, 5) is 166. The van der Waals surface area contributed by atoms with Crippen molar-refractivity contribution in [1.29, 1.82) is 0 Å². The maximum Gasteiger partial charge on any atom is 0.326 e. The first kappa shape index (κ1) is 83.8. The molecule has 5 amide bonds. The van der Waals surface area contributed by atoms with Crippen molar-refractivity contribution in [2.24, 2.45) is 29.4 Å². The lowest BCUT2D eigenvalue weighted by Crippen LogP contribution is -2.42. The predicted molar refractivity (Wildman–Crippen MR) is 342 cm³/mol. The number of aromatic nitrogens is 2. The molecule has 1 unspecified atom stereocenters. The lowest BCUT2D eigenvalue weighted by Gasteiger charge is -2.23. The van der Waals surface area contributed by atoms with E-state index >= 15 is 0 Å². The fourth-order valence-corrected chi connectivity index (χ4v) is 10.9. The van der Waals surface area contributed by atoms with E-state index in [0.29, 0.717) is 44.2 Å². The Hall–Kier alpha value is -7.28. The topological polar surface area (TPSA) is 475 Å². The average molecular weight is 1350 g/mol. The Balaban J connectivity index is 1.49. The molecule has 1 saturated carbocycles. The van der Waals surface area contributed by atoms with Crippen LogP contribution >= 0.6 is 0 Å². The Morgan fingerprint density at radius 2 is 0.968 bits per heavy atom. The van der Waals surface area contributed by atoms with Crippen LogP contribution in [0.1, 0.15) is 198 Å². The van der Waals surface area contributed by atoms with E-state index in [2.05, 4.69) is 36.6 Å². The molecule has 30 heteroatoms. The van der Waals surface area contributed by atoms with E-state index in [1.165, 1.54) is 44.6 Å². The number of ketones is 3. The number of carbonyl (C=O) groups excluding carboxylic acids is 8. The fraction of sp³-hybridized carbons (Fsp3) is 0.754. The third kappa shape index (κ3) is 42.0. The van der Waals surface area contributed by atoms with Gasteiger partial charge in [-0.25, -0.2) is 14.6 Å². The van der Waals surface area contributed by atoms with Crippen molar-refractivity contribution in [3.63, 3.8) is 0 Å². The van der Waals surface area contributed by atoms with Crippen LogP contribution in [0.2, 0.25) is 0 Å². The molecule has 0 spiro atoms. The summed E-state index contributed by atoms with van der Waals surface area (Å²) in [6.07, 6.45) is 18.6. The van der Waals surface area contributed by atoms with Crippen LogP contribution in [0, 0.1) is 23.7 Å². The molecule has 2 rings (SSSR count). The second-order valence-electron chi connectivity index (χ2n) is 24.2. The highest BCUT2D eigenvalue weighted by Crippen LogP contribution is 2.36. The minimum absolute atomic E-state index is 0.0337. The van der Waals surface area contributed by atoms with Gasteiger partial charge in [0.1, 0.15) is 31.1 Å². The number of amides is 5. The molecule has 1 heterocycles. The Morgan fingerprint density at radius 1 is 0.484 bits per heavy atom. The first-order valence-electron chi connectivity index (χ1n) is 33.7. The Kier molecular flexibility index (Phi) is 45.9. The number of hydrogen-bond acceptors (Lipinski definition) is 19. The quantitative estimate of drug-likeness (QED) is 0.0410. The van der Waals surface area contributed by atoms with Crippen molar-refractivity contribution in [3.05, 3.63) is 18.2 Å². The van der Waals surface area contributed by atoms with Crippen molar-refractivity contribution < 1.29 is 107 Å². The Morgan fingerprint density at radius 3 is 1.48 bits per heavy atom. The van der Waals surface area contributed by atoms with Gasteiger partial charge in [0.25, 0.3) is 0 Å². The molecule has 1 aromatic heterocycles. The summed E-state index contributed by atoms with van der Waals surface area (Å²) in [5, 5.41) is 60.1. The number of nitrogens with two attached hydrogens (primary N) is 1. The molecule has 0 radical (unpaired) electrons. The van der Waals surface area contributed by atoms with Crippen LogP contribution in [0.15, 0.2) is 12.5 Å². The van der Waals surface area contributed by atoms with E-state index < -0.39 is 121 Å². The van der Waals surface area contributed by atoms with Crippen LogP contribution in [-0.2, 0) is 87.7 Å². The smallest absolute Gasteiger partial charge is 0.326 e. The number of carbonyl (C=O) groups is 13. The average Bonchev–Trinajstić information content (AvgIpc) is 1.75. The molecule has 0 aliphatic heterocycles. The first-order valence-corrected chi connectivity index (χ1v) is 33.7. The minimum atomic E-state index is -1.48. The molecule has 538 valence electrons. The van der Waals surface area contributed by atoms with Gasteiger partial charge in [0.15, 0.2) is 11.6 Å². The lowest BCUT2D eigenvalue weighted by atomic mass is 9.80. The third-order valence-electron chi connectivity index (χ3n) is 16.3. The number of aliphatic carboxylic acids is 5. The predicted octanol–water partition coefficient (Wildman–Crippen LogP) is 3.98. The van der Waals surface area contributed by atoms with E-state index in [1.54, 1.807) is 0 Å². The molecule has 1 aliphatic carbocycles. The van der Waals surface area contributed by atoms with Gasteiger partial charge >= 0.3 is 29.8 Å². The zero-order valence-electron chi connectivity index (χ0n) is 55.1. The second-order valence-corrected chi connectivity index (χ2v) is 24.2. The SMILES string of the molecule is N[C@@H](Cc1cnc[nH]1)C(=O)C[C@@H](CCCCNC(=O)CC[C@H](NC(=O)CC[C@H](CC(=O)COCCOCCNC(=O)COCCOCCNC(=O)CC[C@H](NC(=O)CCCCCCCCCCCCCCCCC(=O)O)C(=O)O)C(=O)O)C(=O)O)C(=O)C1CCC[C@H]1C(=O)O. The monoisotopic (exact) mass is 1350 g/mol. The van der Waals surface area contributed by atoms with Gasteiger partial charge in [0.05, 0.1) is 63.8 Å². The van der Waals surface area contributed by atoms with Gasteiger partial charge in [0, 0.05) is 94.7 Å². The highest BCUT2D eigenvalue weighted by atomic mass is 16.5. The fourth-order valence-electron chi connectivity index (χ4n) is 10.9. The second kappa shape index (κ2) is 52.0. The van der Waals surface area contributed by atoms with Gasteiger partial charge in [0.2, 0.25) is 29.5 Å². The Labute approximate surface area is 555 Å². The molecular weight excluding hydrogens is 1240 g/mol. The van der Waals surface area contributed by atoms with Crippen LogP contribution < -0.4 is 32.3 Å². The molecule has 0 saturated heterocycles. The number of unbranched alkanes of at least 4 members (excludes halogenated alkanes) is 14. The molecule has 1 fully saturated rings. The van der Waals surface area contributed by atoms with E-state index in [1.807, 2.05) is 0 Å². The van der Waals surface area contributed by atoms with Crippen LogP contribution in [0.25, 0.3) is 0 Å². The van der Waals surface area contributed by atoms with Gasteiger partial charge in [-0.3, -0.25) is 52.7 Å². The molecule has 95 heavy (non-hydrogen) atoms. The van der Waals surface area contributed by atoms with Crippen LogP contribution in [0.3, 0.4) is 0 Å². The van der Waals surface area contributed by atoms with Gasteiger partial charge in [-0.2, -0.15) is 0 Å². The van der Waals surface area contributed by atoms with E-state index in [9.17, 15) is 82.8 Å². The number of rotatable bonds is 62.